The van der Waals surface area contributed by atoms with Gasteiger partial charge in [-0.05, 0) is 67.1 Å². The summed E-state index contributed by atoms with van der Waals surface area (Å²) in [6, 6.07) is 14.6. The van der Waals surface area contributed by atoms with Crippen LogP contribution < -0.4 is 14.8 Å². The normalized spacial score (nSPS) is 10.1. The predicted octanol–water partition coefficient (Wildman–Crippen LogP) is 4.98. The third kappa shape index (κ3) is 7.62. The number of nitrogens with zero attached hydrogens (tertiary/aromatic N) is 2. The first-order chi connectivity index (χ1) is 17.5. The number of nitriles is 1. The molecule has 0 bridgehead atoms. The minimum absolute atomic E-state index is 0.0239. The van der Waals surface area contributed by atoms with E-state index < -0.39 is 34.9 Å². The van der Waals surface area contributed by atoms with Gasteiger partial charge in [-0.2, -0.15) is 13.7 Å². The highest BCUT2D eigenvalue weighted by Gasteiger charge is 2.18. The van der Waals surface area contributed by atoms with Crippen LogP contribution in [0, 0.1) is 18.3 Å². The molecule has 0 saturated carbocycles. The summed E-state index contributed by atoms with van der Waals surface area (Å²) in [7, 11) is -2.94. The molecule has 0 spiro atoms. The van der Waals surface area contributed by atoms with Crippen molar-refractivity contribution < 1.29 is 32.3 Å². The largest absolute Gasteiger partial charge is 0.483 e. The molecule has 0 saturated heterocycles. The molecule has 0 aliphatic rings. The number of ketones is 1. The smallest absolute Gasteiger partial charge is 0.454 e. The van der Waals surface area contributed by atoms with Crippen LogP contribution in [0.5, 0.6) is 11.5 Å². The molecule has 13 heteroatoms. The molecule has 0 aromatic heterocycles. The number of carbonyl (C=O) groups excluding carboxylic acids is 3. The number of ether oxygens (including phenoxy) is 2. The van der Waals surface area contributed by atoms with Crippen molar-refractivity contribution in [1.82, 2.24) is 0 Å². The van der Waals surface area contributed by atoms with Crippen LogP contribution in [0.1, 0.15) is 27.0 Å². The minimum Gasteiger partial charge on any atom is -0.483 e. The average molecular weight is 560 g/mol. The van der Waals surface area contributed by atoms with E-state index in [1.807, 2.05) is 6.07 Å². The van der Waals surface area contributed by atoms with Crippen LogP contribution >= 0.6 is 23.2 Å². The van der Waals surface area contributed by atoms with E-state index in [0.29, 0.717) is 11.3 Å². The molecule has 0 heterocycles. The van der Waals surface area contributed by atoms with Crippen LogP contribution in [0.4, 0.5) is 10.5 Å². The fourth-order valence-corrected chi connectivity index (χ4v) is 3.66. The van der Waals surface area contributed by atoms with Crippen LogP contribution in [-0.4, -0.2) is 32.8 Å². The van der Waals surface area contributed by atoms with Gasteiger partial charge in [0.05, 0.1) is 17.2 Å². The van der Waals surface area contributed by atoms with Crippen molar-refractivity contribution in [3.05, 3.63) is 86.9 Å². The van der Waals surface area contributed by atoms with Crippen LogP contribution in [-0.2, 0) is 15.3 Å². The summed E-state index contributed by atoms with van der Waals surface area (Å²) < 4.78 is 33.9. The maximum absolute atomic E-state index is 13.1. The second kappa shape index (κ2) is 12.1. The molecule has 0 atom stereocenters. The number of aryl methyl sites for hydroxylation is 1. The van der Waals surface area contributed by atoms with Gasteiger partial charge in [-0.25, -0.2) is 4.79 Å². The summed E-state index contributed by atoms with van der Waals surface area (Å²) in [6.07, 6.45) is -1.31. The Morgan fingerprint density at radius 1 is 1.03 bits per heavy atom. The van der Waals surface area contributed by atoms with Crippen molar-refractivity contribution in [3.8, 4) is 17.6 Å². The Morgan fingerprint density at radius 2 is 1.78 bits per heavy atom. The van der Waals surface area contributed by atoms with E-state index >= 15 is 0 Å². The maximum Gasteiger partial charge on any atom is 0.454 e. The predicted molar refractivity (Wildman–Crippen MR) is 134 cm³/mol. The quantitative estimate of drug-likeness (QED) is 0.397. The lowest BCUT2D eigenvalue weighted by Gasteiger charge is -2.13. The zero-order valence-corrected chi connectivity index (χ0v) is 21.1. The summed E-state index contributed by atoms with van der Waals surface area (Å²) in [4.78, 5) is 36.9. The van der Waals surface area contributed by atoms with Crippen molar-refractivity contribution in [2.24, 2.45) is 4.36 Å². The molecular weight excluding hydrogens is 545 g/mol. The molecule has 0 radical (unpaired) electrons. The lowest BCUT2D eigenvalue weighted by molar-refractivity contribution is -0.118. The summed E-state index contributed by atoms with van der Waals surface area (Å²) in [6.45, 7) is 1.15. The summed E-state index contributed by atoms with van der Waals surface area (Å²) in [5, 5.41) is 12.2. The number of anilines is 1. The highest BCUT2D eigenvalue weighted by molar-refractivity contribution is 7.62. The fourth-order valence-electron chi connectivity index (χ4n) is 3.10. The molecule has 3 aromatic carbocycles. The summed E-state index contributed by atoms with van der Waals surface area (Å²) in [5.41, 5.74) is 1.28. The molecular formula is C24H15Cl2N3O7S. The Morgan fingerprint density at radius 3 is 2.46 bits per heavy atom. The Labute approximate surface area is 222 Å². The van der Waals surface area contributed by atoms with E-state index in [1.165, 1.54) is 54.6 Å². The molecule has 0 unspecified atom stereocenters. The van der Waals surface area contributed by atoms with Gasteiger partial charge in [0.1, 0.15) is 11.5 Å². The maximum atomic E-state index is 13.1. The van der Waals surface area contributed by atoms with Crippen molar-refractivity contribution in [2.45, 2.75) is 6.92 Å². The lowest BCUT2D eigenvalue weighted by atomic mass is 10.0. The molecule has 0 aliphatic heterocycles. The first-order valence-corrected chi connectivity index (χ1v) is 12.0. The van der Waals surface area contributed by atoms with E-state index in [2.05, 4.69) is 9.68 Å². The second-order valence-electron chi connectivity index (χ2n) is 7.30. The molecule has 1 N–H and O–H groups in total. The topological polar surface area (TPSA) is 152 Å². The van der Waals surface area contributed by atoms with E-state index in [9.17, 15) is 22.8 Å². The Hall–Kier alpha value is -4.24. The van der Waals surface area contributed by atoms with E-state index in [0.717, 1.165) is 0 Å². The average Bonchev–Trinajstić information content (AvgIpc) is 2.83. The zero-order chi connectivity index (χ0) is 27.1. The number of halogens is 2. The van der Waals surface area contributed by atoms with E-state index in [-0.39, 0.29) is 38.2 Å². The monoisotopic (exact) mass is 559 g/mol. The van der Waals surface area contributed by atoms with Gasteiger partial charge in [0, 0.05) is 21.3 Å². The number of rotatable bonds is 7. The van der Waals surface area contributed by atoms with Crippen LogP contribution in [0.3, 0.4) is 0 Å². The molecule has 3 rings (SSSR count). The molecule has 2 amide bonds. The Kier molecular flexibility index (Phi) is 8.97. The number of benzene rings is 3. The first-order valence-electron chi connectivity index (χ1n) is 10.2. The van der Waals surface area contributed by atoms with Crippen LogP contribution in [0.15, 0.2) is 59.0 Å². The molecule has 10 nitrogen and oxygen atoms in total. The van der Waals surface area contributed by atoms with Crippen LogP contribution in [0.2, 0.25) is 10.0 Å². The van der Waals surface area contributed by atoms with Crippen LogP contribution in [0.25, 0.3) is 0 Å². The summed E-state index contributed by atoms with van der Waals surface area (Å²) in [5.74, 6) is -0.963. The number of hydrogen-bond acceptors (Lipinski definition) is 8. The van der Waals surface area contributed by atoms with Gasteiger partial charge in [-0.15, -0.1) is 0 Å². The summed E-state index contributed by atoms with van der Waals surface area (Å²) >= 11 is 12.1. The van der Waals surface area contributed by atoms with Crippen molar-refractivity contribution in [2.75, 3.05) is 11.9 Å². The molecule has 0 fully saturated rings. The molecule has 188 valence electrons. The molecule has 3 aromatic rings. The van der Waals surface area contributed by atoms with Gasteiger partial charge in [0.15, 0.2) is 12.4 Å². The SMILES string of the molecule is Cc1cc(OC(=O)N=S(=O)=O)ccc1NC(=O)COc1ccc(Cl)cc1C(=O)c1cc(Cl)cc(C#N)c1. The van der Waals surface area contributed by atoms with Crippen molar-refractivity contribution >= 4 is 57.2 Å². The van der Waals surface area contributed by atoms with Gasteiger partial charge in [-0.1, -0.05) is 27.6 Å². The van der Waals surface area contributed by atoms with Crippen molar-refractivity contribution in [3.63, 3.8) is 0 Å². The highest BCUT2D eigenvalue weighted by Crippen LogP contribution is 2.27. The Bertz CT molecular complexity index is 1590. The second-order valence-corrected chi connectivity index (χ2v) is 8.79. The van der Waals surface area contributed by atoms with Gasteiger partial charge < -0.3 is 14.8 Å². The number of amides is 2. The molecule has 37 heavy (non-hydrogen) atoms. The number of nitrogens with one attached hydrogen (secondary N) is 1. The highest BCUT2D eigenvalue weighted by atomic mass is 35.5. The van der Waals surface area contributed by atoms with E-state index in [1.54, 1.807) is 6.92 Å². The van der Waals surface area contributed by atoms with Gasteiger partial charge in [0.2, 0.25) is 0 Å². The fraction of sp³-hybridized carbons (Fsp3) is 0.0833. The third-order valence-corrected chi connectivity index (χ3v) is 5.41. The van der Waals surface area contributed by atoms with Crippen molar-refractivity contribution in [1.29, 1.82) is 5.26 Å². The lowest BCUT2D eigenvalue weighted by Crippen LogP contribution is -2.21. The van der Waals surface area contributed by atoms with E-state index in [4.69, 9.17) is 37.9 Å². The number of carbonyl (C=O) groups is 3. The van der Waals surface area contributed by atoms with Gasteiger partial charge >= 0.3 is 16.6 Å². The molecule has 0 aliphatic carbocycles. The standard InChI is InChI=1S/C24H15Cl2N3O7S/c1-13-6-18(36-24(32)29-37(33)34)3-4-20(13)28-22(30)12-35-21-5-2-16(25)10-19(21)23(31)15-7-14(11-27)8-17(26)9-15/h2-10H,12H2,1H3,(H,28,30). The van der Waals surface area contributed by atoms with Gasteiger partial charge in [0.25, 0.3) is 5.91 Å². The number of hydrogen-bond donors (Lipinski definition) is 1. The zero-order valence-electron chi connectivity index (χ0n) is 18.8. The Balaban J connectivity index is 1.72. The minimum atomic E-state index is -2.94. The first kappa shape index (κ1) is 27.3. The third-order valence-electron chi connectivity index (χ3n) is 4.66. The van der Waals surface area contributed by atoms with Gasteiger partial charge in [-0.3, -0.25) is 9.59 Å².